The zero-order chi connectivity index (χ0) is 22.2. The van der Waals surface area contributed by atoms with Crippen LogP contribution in [-0.4, -0.2) is 41.7 Å². The van der Waals surface area contributed by atoms with Gasteiger partial charge in [-0.25, -0.2) is 0 Å². The van der Waals surface area contributed by atoms with Crippen molar-refractivity contribution in [3.8, 4) is 0 Å². The van der Waals surface area contributed by atoms with E-state index in [2.05, 4.69) is 0 Å². The van der Waals surface area contributed by atoms with E-state index in [1.54, 1.807) is 16.7 Å². The van der Waals surface area contributed by atoms with Crippen LogP contribution >= 0.6 is 11.8 Å². The number of carbonyl (C=O) groups is 4. The summed E-state index contributed by atoms with van der Waals surface area (Å²) < 4.78 is 5.20. The average molecular weight is 449 g/mol. The highest BCUT2D eigenvalue weighted by Crippen LogP contribution is 2.47. The molecule has 162 valence electrons. The standard InChI is InChI=1S/C24H20N2O5S/c27-21(26-17-9-3-5-11-19(17)32-20-12-6-4-10-18(20)26)14-31-22(28)13-25-23(29)15-7-1-2-8-16(15)24(25)30/h1-6,9-12,15-16H,7-8,13-14H2. The van der Waals surface area contributed by atoms with Crippen molar-refractivity contribution in [1.29, 1.82) is 0 Å². The minimum Gasteiger partial charge on any atom is -0.454 e. The molecule has 1 fully saturated rings. The topological polar surface area (TPSA) is 84.0 Å². The first-order chi connectivity index (χ1) is 15.5. The lowest BCUT2D eigenvalue weighted by atomic mass is 9.85. The monoisotopic (exact) mass is 448 g/mol. The summed E-state index contributed by atoms with van der Waals surface area (Å²) in [4.78, 5) is 54.9. The van der Waals surface area contributed by atoms with E-state index in [1.807, 2.05) is 60.7 Å². The number of hydrogen-bond acceptors (Lipinski definition) is 6. The number of hydrogen-bond donors (Lipinski definition) is 0. The van der Waals surface area contributed by atoms with Crippen molar-refractivity contribution in [2.75, 3.05) is 18.1 Å². The minimum atomic E-state index is -0.778. The van der Waals surface area contributed by atoms with E-state index < -0.39 is 36.9 Å². The molecular weight excluding hydrogens is 428 g/mol. The van der Waals surface area contributed by atoms with Crippen molar-refractivity contribution in [2.24, 2.45) is 11.8 Å². The summed E-state index contributed by atoms with van der Waals surface area (Å²) in [6.07, 6.45) is 4.79. The van der Waals surface area contributed by atoms with E-state index in [4.69, 9.17) is 4.74 Å². The first kappa shape index (κ1) is 20.5. The zero-order valence-corrected chi connectivity index (χ0v) is 17.9. The maximum atomic E-state index is 13.1. The molecule has 0 radical (unpaired) electrons. The molecule has 2 aromatic carbocycles. The van der Waals surface area contributed by atoms with Gasteiger partial charge in [0.1, 0.15) is 6.54 Å². The van der Waals surface area contributed by atoms with Crippen LogP contribution in [0.25, 0.3) is 0 Å². The Morgan fingerprint density at radius 2 is 1.41 bits per heavy atom. The van der Waals surface area contributed by atoms with Crippen LogP contribution in [0.1, 0.15) is 12.8 Å². The largest absolute Gasteiger partial charge is 0.454 e. The van der Waals surface area contributed by atoms with Crippen LogP contribution in [0.5, 0.6) is 0 Å². The summed E-state index contributed by atoms with van der Waals surface area (Å²) in [5, 5.41) is 0. The SMILES string of the molecule is O=C(CN1C(=O)C2CC=CCC2C1=O)OCC(=O)N1c2ccccc2Sc2ccccc21. The fraction of sp³-hybridized carbons (Fsp3) is 0.250. The van der Waals surface area contributed by atoms with E-state index in [0.29, 0.717) is 12.8 Å². The molecule has 2 aliphatic heterocycles. The quantitative estimate of drug-likeness (QED) is 0.405. The van der Waals surface area contributed by atoms with Crippen LogP contribution < -0.4 is 4.90 Å². The minimum absolute atomic E-state index is 0.344. The molecule has 0 bridgehead atoms. The molecule has 1 aliphatic carbocycles. The zero-order valence-electron chi connectivity index (χ0n) is 17.1. The molecule has 3 amide bonds. The Morgan fingerprint density at radius 3 is 1.97 bits per heavy atom. The van der Waals surface area contributed by atoms with Gasteiger partial charge in [0.15, 0.2) is 6.61 Å². The lowest BCUT2D eigenvalue weighted by Gasteiger charge is -2.30. The highest BCUT2D eigenvalue weighted by molar-refractivity contribution is 7.99. The molecule has 1 saturated heterocycles. The molecule has 2 aromatic rings. The van der Waals surface area contributed by atoms with Gasteiger partial charge in [0.05, 0.1) is 23.2 Å². The Labute approximate surface area is 189 Å². The van der Waals surface area contributed by atoms with Crippen LogP contribution in [-0.2, 0) is 23.9 Å². The van der Waals surface area contributed by atoms with Crippen LogP contribution in [0.2, 0.25) is 0 Å². The van der Waals surface area contributed by atoms with Gasteiger partial charge in [-0.2, -0.15) is 0 Å². The summed E-state index contributed by atoms with van der Waals surface area (Å²) in [5.41, 5.74) is 1.44. The third-order valence-electron chi connectivity index (χ3n) is 5.92. The van der Waals surface area contributed by atoms with Gasteiger partial charge < -0.3 is 4.74 Å². The Balaban J connectivity index is 1.27. The second-order valence-corrected chi connectivity index (χ2v) is 8.93. The van der Waals surface area contributed by atoms with Crippen molar-refractivity contribution in [1.82, 2.24) is 4.90 Å². The molecule has 0 aromatic heterocycles. The number of carbonyl (C=O) groups excluding carboxylic acids is 4. The summed E-state index contributed by atoms with van der Waals surface area (Å²) >= 11 is 1.57. The maximum absolute atomic E-state index is 13.1. The number of esters is 1. The van der Waals surface area contributed by atoms with Crippen molar-refractivity contribution in [3.05, 3.63) is 60.7 Å². The first-order valence-electron chi connectivity index (χ1n) is 10.4. The molecule has 32 heavy (non-hydrogen) atoms. The molecule has 0 spiro atoms. The number of para-hydroxylation sites is 2. The Kier molecular flexibility index (Phi) is 5.30. The summed E-state index contributed by atoms with van der Waals surface area (Å²) in [6.45, 7) is -0.961. The summed E-state index contributed by atoms with van der Waals surface area (Å²) in [6, 6.07) is 15.0. The lowest BCUT2D eigenvalue weighted by molar-refractivity contribution is -0.154. The number of allylic oxidation sites excluding steroid dienone is 2. The predicted molar refractivity (Wildman–Crippen MR) is 117 cm³/mol. The van der Waals surface area contributed by atoms with Gasteiger partial charge >= 0.3 is 5.97 Å². The number of ether oxygens (including phenoxy) is 1. The molecule has 2 unspecified atom stereocenters. The van der Waals surface area contributed by atoms with Gasteiger partial charge in [-0.3, -0.25) is 29.0 Å². The highest BCUT2D eigenvalue weighted by Gasteiger charge is 2.47. The Morgan fingerprint density at radius 1 is 0.875 bits per heavy atom. The van der Waals surface area contributed by atoms with E-state index >= 15 is 0 Å². The fourth-order valence-electron chi connectivity index (χ4n) is 4.38. The van der Waals surface area contributed by atoms with Crippen LogP contribution in [0.4, 0.5) is 11.4 Å². The number of anilines is 2. The van der Waals surface area contributed by atoms with E-state index in [1.165, 1.54) is 0 Å². The van der Waals surface area contributed by atoms with Crippen molar-refractivity contribution >= 4 is 46.8 Å². The van der Waals surface area contributed by atoms with Gasteiger partial charge in [0.2, 0.25) is 11.8 Å². The van der Waals surface area contributed by atoms with Gasteiger partial charge in [0.25, 0.3) is 5.91 Å². The molecule has 0 saturated carbocycles. The maximum Gasteiger partial charge on any atom is 0.326 e. The first-order valence-corrected chi connectivity index (χ1v) is 11.2. The Bertz CT molecular complexity index is 1090. The lowest BCUT2D eigenvalue weighted by Crippen LogP contribution is -2.38. The third-order valence-corrected chi connectivity index (χ3v) is 7.05. The van der Waals surface area contributed by atoms with E-state index in [0.717, 1.165) is 26.1 Å². The molecule has 5 rings (SSSR count). The molecule has 2 atom stereocenters. The number of rotatable bonds is 4. The third kappa shape index (κ3) is 3.50. The fourth-order valence-corrected chi connectivity index (χ4v) is 5.44. The molecular formula is C24H20N2O5S. The second kappa shape index (κ2) is 8.27. The predicted octanol–water partition coefficient (Wildman–Crippen LogP) is 3.31. The average Bonchev–Trinajstić information content (AvgIpc) is 3.06. The number of nitrogens with zero attached hydrogens (tertiary/aromatic N) is 2. The summed E-state index contributed by atoms with van der Waals surface area (Å²) in [5.74, 6) is -2.68. The van der Waals surface area contributed by atoms with E-state index in [9.17, 15) is 19.2 Å². The highest BCUT2D eigenvalue weighted by atomic mass is 32.2. The van der Waals surface area contributed by atoms with Crippen molar-refractivity contribution < 1.29 is 23.9 Å². The van der Waals surface area contributed by atoms with Crippen LogP contribution in [0, 0.1) is 11.8 Å². The molecule has 8 heteroatoms. The smallest absolute Gasteiger partial charge is 0.326 e. The molecule has 3 aliphatic rings. The second-order valence-electron chi connectivity index (χ2n) is 7.85. The Hall–Kier alpha value is -3.39. The molecule has 0 N–H and O–H groups in total. The van der Waals surface area contributed by atoms with Crippen LogP contribution in [0.3, 0.4) is 0 Å². The van der Waals surface area contributed by atoms with E-state index in [-0.39, 0.29) is 11.8 Å². The van der Waals surface area contributed by atoms with Crippen LogP contribution in [0.15, 0.2) is 70.5 Å². The van der Waals surface area contributed by atoms with Crippen molar-refractivity contribution in [3.63, 3.8) is 0 Å². The van der Waals surface area contributed by atoms with Gasteiger partial charge in [-0.1, -0.05) is 48.2 Å². The van der Waals surface area contributed by atoms with Crippen molar-refractivity contribution in [2.45, 2.75) is 22.6 Å². The van der Waals surface area contributed by atoms with Gasteiger partial charge in [-0.15, -0.1) is 0 Å². The number of fused-ring (bicyclic) bond motifs is 3. The molecule has 7 nitrogen and oxygen atoms in total. The normalized spacial score (nSPS) is 21.1. The number of imide groups is 1. The number of amides is 3. The number of benzene rings is 2. The number of likely N-dealkylation sites (tertiary alicyclic amines) is 1. The summed E-state index contributed by atoms with van der Waals surface area (Å²) in [7, 11) is 0. The van der Waals surface area contributed by atoms with Gasteiger partial charge in [-0.05, 0) is 37.1 Å². The van der Waals surface area contributed by atoms with Gasteiger partial charge in [0, 0.05) is 9.79 Å². The molecule has 2 heterocycles.